The Balaban J connectivity index is 2.09. The molecule has 9 nitrogen and oxygen atoms in total. The summed E-state index contributed by atoms with van der Waals surface area (Å²) >= 11 is 0. The van der Waals surface area contributed by atoms with E-state index in [1.165, 1.54) is 6.33 Å². The quantitative estimate of drug-likeness (QED) is 0.568. The van der Waals surface area contributed by atoms with Crippen molar-refractivity contribution in [3.05, 3.63) is 6.33 Å². The first-order valence-corrected chi connectivity index (χ1v) is 6.26. The summed E-state index contributed by atoms with van der Waals surface area (Å²) in [4.78, 5) is 12.4. The molecule has 0 spiro atoms. The summed E-state index contributed by atoms with van der Waals surface area (Å²) in [5.74, 6) is 0.797. The zero-order valence-electron chi connectivity index (χ0n) is 10.9. The third kappa shape index (κ3) is 1.87. The lowest BCUT2D eigenvalue weighted by atomic mass is 10.2. The standard InChI is InChI=1S/C11H16N6O3/c1-13-11-16-8-9(12)14-4-15-10(8)17(11)7-2-5(19)6(3-18)20-7/h4-7,18-19H,2-3H2,1H3,(H,13,16)(H2,12,14,15)/t5-,6+,7+/m0/s1. The van der Waals surface area contributed by atoms with Crippen LogP contribution in [0.15, 0.2) is 6.33 Å². The van der Waals surface area contributed by atoms with Crippen LogP contribution >= 0.6 is 0 Å². The van der Waals surface area contributed by atoms with E-state index in [0.29, 0.717) is 23.5 Å². The molecule has 108 valence electrons. The molecule has 20 heavy (non-hydrogen) atoms. The van der Waals surface area contributed by atoms with Crippen molar-refractivity contribution in [1.29, 1.82) is 0 Å². The smallest absolute Gasteiger partial charge is 0.207 e. The van der Waals surface area contributed by atoms with Crippen LogP contribution in [0.2, 0.25) is 0 Å². The fourth-order valence-electron chi connectivity index (χ4n) is 2.41. The molecular formula is C11H16N6O3. The zero-order valence-corrected chi connectivity index (χ0v) is 10.9. The number of ether oxygens (including phenoxy) is 1. The molecule has 1 aliphatic rings. The second kappa shape index (κ2) is 4.85. The summed E-state index contributed by atoms with van der Waals surface area (Å²) in [7, 11) is 1.72. The number of hydrogen-bond donors (Lipinski definition) is 4. The van der Waals surface area contributed by atoms with Crippen molar-refractivity contribution in [3.63, 3.8) is 0 Å². The Bertz CT molecular complexity index is 630. The highest BCUT2D eigenvalue weighted by molar-refractivity contribution is 5.84. The molecule has 0 radical (unpaired) electrons. The average Bonchev–Trinajstić information content (AvgIpc) is 2.99. The predicted octanol–water partition coefficient (Wildman–Crippen LogP) is -0.909. The van der Waals surface area contributed by atoms with E-state index in [4.69, 9.17) is 15.6 Å². The van der Waals surface area contributed by atoms with Gasteiger partial charge < -0.3 is 26.0 Å². The first-order chi connectivity index (χ1) is 9.65. The number of aliphatic hydroxyl groups is 2. The van der Waals surface area contributed by atoms with Crippen LogP contribution in [-0.4, -0.2) is 55.6 Å². The Morgan fingerprint density at radius 2 is 2.35 bits per heavy atom. The maximum atomic E-state index is 9.85. The minimum atomic E-state index is -0.730. The lowest BCUT2D eigenvalue weighted by Crippen LogP contribution is -2.24. The number of nitrogens with one attached hydrogen (secondary N) is 1. The van der Waals surface area contributed by atoms with Crippen molar-refractivity contribution in [2.45, 2.75) is 24.9 Å². The number of nitrogens with zero attached hydrogens (tertiary/aromatic N) is 4. The van der Waals surface area contributed by atoms with Gasteiger partial charge in [-0.15, -0.1) is 0 Å². The summed E-state index contributed by atoms with van der Waals surface area (Å²) in [5, 5.41) is 22.0. The Labute approximate surface area is 114 Å². The van der Waals surface area contributed by atoms with Crippen molar-refractivity contribution < 1.29 is 14.9 Å². The molecule has 3 heterocycles. The van der Waals surface area contributed by atoms with Crippen molar-refractivity contribution >= 4 is 22.9 Å². The minimum absolute atomic E-state index is 0.240. The molecule has 0 unspecified atom stereocenters. The van der Waals surface area contributed by atoms with Gasteiger partial charge in [0.25, 0.3) is 0 Å². The van der Waals surface area contributed by atoms with Crippen LogP contribution in [0.1, 0.15) is 12.6 Å². The van der Waals surface area contributed by atoms with Gasteiger partial charge in [0.15, 0.2) is 17.0 Å². The van der Waals surface area contributed by atoms with Gasteiger partial charge in [0.1, 0.15) is 18.7 Å². The molecule has 1 fully saturated rings. The van der Waals surface area contributed by atoms with Crippen LogP contribution in [0, 0.1) is 0 Å². The van der Waals surface area contributed by atoms with E-state index in [9.17, 15) is 5.11 Å². The fourth-order valence-corrected chi connectivity index (χ4v) is 2.41. The molecule has 3 atom stereocenters. The molecule has 0 saturated carbocycles. The van der Waals surface area contributed by atoms with E-state index in [0.717, 1.165) is 0 Å². The molecule has 1 saturated heterocycles. The van der Waals surface area contributed by atoms with Crippen molar-refractivity contribution in [3.8, 4) is 0 Å². The molecule has 0 bridgehead atoms. The van der Waals surface area contributed by atoms with E-state index in [1.54, 1.807) is 11.6 Å². The highest BCUT2D eigenvalue weighted by Gasteiger charge is 2.36. The van der Waals surface area contributed by atoms with Gasteiger partial charge >= 0.3 is 0 Å². The molecule has 3 rings (SSSR count). The van der Waals surface area contributed by atoms with Crippen molar-refractivity contribution in [2.24, 2.45) is 0 Å². The predicted molar refractivity (Wildman–Crippen MR) is 70.9 cm³/mol. The Morgan fingerprint density at radius 3 is 3.00 bits per heavy atom. The van der Waals surface area contributed by atoms with Crippen molar-refractivity contribution in [1.82, 2.24) is 19.5 Å². The summed E-state index contributed by atoms with van der Waals surface area (Å²) < 4.78 is 7.35. The van der Waals surface area contributed by atoms with E-state index >= 15 is 0 Å². The highest BCUT2D eigenvalue weighted by atomic mass is 16.5. The number of aliphatic hydroxyl groups excluding tert-OH is 2. The lowest BCUT2D eigenvalue weighted by molar-refractivity contribution is -0.0425. The van der Waals surface area contributed by atoms with E-state index in [2.05, 4.69) is 20.3 Å². The number of aromatic nitrogens is 4. The SMILES string of the molecule is CNc1nc2c(N)ncnc2n1[C@H]1C[C@H](O)[C@@H](CO)O1. The van der Waals surface area contributed by atoms with Gasteiger partial charge in [0.05, 0.1) is 12.7 Å². The maximum Gasteiger partial charge on any atom is 0.207 e. The van der Waals surface area contributed by atoms with E-state index in [1.807, 2.05) is 0 Å². The Kier molecular flexibility index (Phi) is 3.16. The number of nitrogens with two attached hydrogens (primary N) is 1. The van der Waals surface area contributed by atoms with Crippen LogP contribution in [-0.2, 0) is 4.74 Å². The zero-order chi connectivity index (χ0) is 14.3. The molecular weight excluding hydrogens is 264 g/mol. The Hall–Kier alpha value is -1.97. The van der Waals surface area contributed by atoms with Gasteiger partial charge in [0, 0.05) is 13.5 Å². The van der Waals surface area contributed by atoms with Crippen LogP contribution in [0.5, 0.6) is 0 Å². The molecule has 0 aromatic carbocycles. The van der Waals surface area contributed by atoms with Crippen molar-refractivity contribution in [2.75, 3.05) is 24.7 Å². The van der Waals surface area contributed by atoms with E-state index in [-0.39, 0.29) is 12.4 Å². The summed E-state index contributed by atoms with van der Waals surface area (Å²) in [6.45, 7) is -0.240. The average molecular weight is 280 g/mol. The minimum Gasteiger partial charge on any atom is -0.394 e. The van der Waals surface area contributed by atoms with Gasteiger partial charge in [-0.05, 0) is 0 Å². The van der Waals surface area contributed by atoms with Crippen LogP contribution in [0.25, 0.3) is 11.2 Å². The largest absolute Gasteiger partial charge is 0.394 e. The number of fused-ring (bicyclic) bond motifs is 1. The van der Waals surface area contributed by atoms with Crippen LogP contribution < -0.4 is 11.1 Å². The first-order valence-electron chi connectivity index (χ1n) is 6.26. The summed E-state index contributed by atoms with van der Waals surface area (Å²) in [6, 6.07) is 0. The third-order valence-electron chi connectivity index (χ3n) is 3.40. The Morgan fingerprint density at radius 1 is 1.55 bits per heavy atom. The molecule has 2 aromatic rings. The monoisotopic (exact) mass is 280 g/mol. The number of imidazole rings is 1. The fraction of sp³-hybridized carbons (Fsp3) is 0.545. The highest BCUT2D eigenvalue weighted by Crippen LogP contribution is 2.34. The number of nitrogen functional groups attached to an aromatic ring is 1. The summed E-state index contributed by atoms with van der Waals surface area (Å²) in [5.41, 5.74) is 6.79. The second-order valence-electron chi connectivity index (χ2n) is 4.60. The number of hydrogen-bond acceptors (Lipinski definition) is 8. The van der Waals surface area contributed by atoms with Crippen LogP contribution in [0.4, 0.5) is 11.8 Å². The number of anilines is 2. The van der Waals surface area contributed by atoms with Gasteiger partial charge in [-0.1, -0.05) is 0 Å². The molecule has 0 aliphatic carbocycles. The van der Waals surface area contributed by atoms with Gasteiger partial charge in [0.2, 0.25) is 5.95 Å². The topological polar surface area (TPSA) is 131 Å². The van der Waals surface area contributed by atoms with Gasteiger partial charge in [-0.2, -0.15) is 0 Å². The molecule has 1 aliphatic heterocycles. The number of rotatable bonds is 3. The van der Waals surface area contributed by atoms with Gasteiger partial charge in [-0.25, -0.2) is 15.0 Å². The molecule has 5 N–H and O–H groups in total. The first kappa shape index (κ1) is 13.0. The maximum absolute atomic E-state index is 9.85. The normalized spacial score (nSPS) is 26.2. The molecule has 9 heteroatoms. The van der Waals surface area contributed by atoms with Crippen LogP contribution in [0.3, 0.4) is 0 Å². The lowest BCUT2D eigenvalue weighted by Gasteiger charge is -2.16. The molecule has 2 aromatic heterocycles. The van der Waals surface area contributed by atoms with E-state index < -0.39 is 18.4 Å². The second-order valence-corrected chi connectivity index (χ2v) is 4.60. The third-order valence-corrected chi connectivity index (χ3v) is 3.40. The molecule has 0 amide bonds. The van der Waals surface area contributed by atoms with Gasteiger partial charge in [-0.3, -0.25) is 4.57 Å². The summed E-state index contributed by atoms with van der Waals surface area (Å²) in [6.07, 6.45) is -0.115.